The van der Waals surface area contributed by atoms with Crippen LogP contribution in [0, 0.1) is 12.7 Å². The Morgan fingerprint density at radius 3 is 2.45 bits per heavy atom. The number of nitrogens with zero attached hydrogens (tertiary/aromatic N) is 1. The molecule has 1 aromatic carbocycles. The summed E-state index contributed by atoms with van der Waals surface area (Å²) < 4.78 is 62.7. The first-order valence-corrected chi connectivity index (χ1v) is 15.0. The van der Waals surface area contributed by atoms with Crippen LogP contribution in [0.15, 0.2) is 18.2 Å². The van der Waals surface area contributed by atoms with Crippen LogP contribution >= 0.6 is 22.2 Å². The monoisotopic (exact) mass is 602 g/mol. The molecule has 1 saturated carbocycles. The topological polar surface area (TPSA) is 133 Å². The fourth-order valence-corrected chi connectivity index (χ4v) is 8.49. The van der Waals surface area contributed by atoms with Crippen LogP contribution in [0.4, 0.5) is 18.9 Å². The van der Waals surface area contributed by atoms with Gasteiger partial charge < -0.3 is 20.5 Å². The third-order valence-electron chi connectivity index (χ3n) is 7.76. The number of benzene rings is 1. The van der Waals surface area contributed by atoms with Crippen LogP contribution in [0.1, 0.15) is 58.3 Å². The van der Waals surface area contributed by atoms with Crippen molar-refractivity contribution in [1.82, 2.24) is 15.2 Å². The molecule has 5 rings (SSSR count). The van der Waals surface area contributed by atoms with Gasteiger partial charge in [-0.05, 0) is 50.5 Å². The van der Waals surface area contributed by atoms with E-state index in [0.29, 0.717) is 25.1 Å². The first kappa shape index (κ1) is 28.9. The van der Waals surface area contributed by atoms with Gasteiger partial charge in [0.1, 0.15) is 11.5 Å². The first-order chi connectivity index (χ1) is 18.5. The lowest BCUT2D eigenvalue weighted by Gasteiger charge is -2.56. The lowest BCUT2D eigenvalue weighted by Crippen LogP contribution is -2.71. The zero-order valence-corrected chi connectivity index (χ0v) is 23.4. The summed E-state index contributed by atoms with van der Waals surface area (Å²) >= 11 is 5.81. The van der Waals surface area contributed by atoms with E-state index in [9.17, 15) is 36.7 Å². The predicted molar refractivity (Wildman–Crippen MR) is 145 cm³/mol. The lowest BCUT2D eigenvalue weighted by atomic mass is 9.72. The molecule has 2 aliphatic heterocycles. The standard InChI is InChI=1S/C26H30ClF3N4O5S/c1-14-19(18-4-3-7-34(18)20(14)22(36)32-15-5-6-17(28)16(27)8-15)21(35)23(37)33-25(9-26(29,30)10-25)11-31-24(2)12-40(38,39)13-24/h5-6,8,31,38-39H,3-4,7,9-13H2,1-2H3,(H,32,36)(H,33,37). The average molecular weight is 603 g/mol. The van der Waals surface area contributed by atoms with Crippen molar-refractivity contribution in [2.24, 2.45) is 0 Å². The van der Waals surface area contributed by atoms with Gasteiger partial charge >= 0.3 is 0 Å². The van der Waals surface area contributed by atoms with Gasteiger partial charge in [-0.1, -0.05) is 11.6 Å². The molecule has 0 atom stereocenters. The van der Waals surface area contributed by atoms with Gasteiger partial charge in [0, 0.05) is 37.3 Å². The second kappa shape index (κ2) is 9.76. The van der Waals surface area contributed by atoms with Crippen molar-refractivity contribution in [3.05, 3.63) is 51.6 Å². The summed E-state index contributed by atoms with van der Waals surface area (Å²) in [6.07, 6.45) is -0.253. The third kappa shape index (κ3) is 5.37. The number of Topliss-reactive ketones (excluding diaryl/α,β-unsaturated/α-hetero) is 1. The molecule has 0 bridgehead atoms. The summed E-state index contributed by atoms with van der Waals surface area (Å²) in [6.45, 7) is 3.65. The van der Waals surface area contributed by atoms with Crippen LogP contribution in [0.2, 0.25) is 5.02 Å². The number of alkyl halides is 2. The Hall–Kier alpha value is -2.58. The summed E-state index contributed by atoms with van der Waals surface area (Å²) in [4.78, 5) is 39.8. The highest BCUT2D eigenvalue weighted by atomic mass is 35.5. The number of carbonyl (C=O) groups is 3. The van der Waals surface area contributed by atoms with Gasteiger partial charge in [0.15, 0.2) is 0 Å². The first-order valence-electron chi connectivity index (χ1n) is 12.7. The van der Waals surface area contributed by atoms with Crippen LogP contribution in [0.25, 0.3) is 0 Å². The molecular formula is C26H30ClF3N4O5S. The van der Waals surface area contributed by atoms with Gasteiger partial charge in [0.2, 0.25) is 0 Å². The second-order valence-corrected chi connectivity index (χ2v) is 14.0. The fraction of sp³-hybridized carbons (Fsp3) is 0.500. The number of rotatable bonds is 8. The molecule has 0 spiro atoms. The summed E-state index contributed by atoms with van der Waals surface area (Å²) in [5.41, 5.74) is -0.800. The Kier molecular flexibility index (Phi) is 7.06. The molecule has 1 aromatic heterocycles. The lowest BCUT2D eigenvalue weighted by molar-refractivity contribution is -0.145. The molecule has 5 N–H and O–H groups in total. The van der Waals surface area contributed by atoms with Crippen molar-refractivity contribution in [2.75, 3.05) is 23.4 Å². The van der Waals surface area contributed by atoms with Gasteiger partial charge in [-0.15, -0.1) is 0 Å². The molecule has 40 heavy (non-hydrogen) atoms. The number of amides is 2. The molecule has 14 heteroatoms. The summed E-state index contributed by atoms with van der Waals surface area (Å²) in [5.74, 6) is -6.06. The van der Waals surface area contributed by atoms with Crippen molar-refractivity contribution in [2.45, 2.75) is 63.1 Å². The van der Waals surface area contributed by atoms with Crippen LogP contribution in [-0.4, -0.2) is 66.3 Å². The maximum absolute atomic E-state index is 14.0. The number of aromatic nitrogens is 1. The van der Waals surface area contributed by atoms with Gasteiger partial charge in [-0.3, -0.25) is 23.5 Å². The molecule has 3 aliphatic rings. The van der Waals surface area contributed by atoms with E-state index in [4.69, 9.17) is 11.6 Å². The average Bonchev–Trinajstić information content (AvgIpc) is 3.36. The molecular weight excluding hydrogens is 573 g/mol. The van der Waals surface area contributed by atoms with Gasteiger partial charge in [0.25, 0.3) is 23.5 Å². The molecule has 0 radical (unpaired) electrons. The highest BCUT2D eigenvalue weighted by Crippen LogP contribution is 2.54. The third-order valence-corrected chi connectivity index (χ3v) is 10.2. The van der Waals surface area contributed by atoms with E-state index in [0.717, 1.165) is 6.07 Å². The Labute approximate surface area is 235 Å². The van der Waals surface area contributed by atoms with E-state index in [2.05, 4.69) is 16.0 Å². The normalized spacial score (nSPS) is 21.9. The molecule has 9 nitrogen and oxygen atoms in total. The van der Waals surface area contributed by atoms with Crippen LogP contribution in [0.3, 0.4) is 0 Å². The Morgan fingerprint density at radius 2 is 1.85 bits per heavy atom. The predicted octanol–water partition coefficient (Wildman–Crippen LogP) is 4.37. The number of ketones is 1. The number of hydrogen-bond donors (Lipinski definition) is 5. The SMILES string of the molecule is Cc1c(C(=O)C(=O)NC2(CNC3(C)CS(O)(O)C3)CC(F)(F)C2)c2n(c1C(=O)Nc1ccc(F)c(Cl)c1)CCC2. The van der Waals surface area contributed by atoms with E-state index >= 15 is 0 Å². The minimum absolute atomic E-state index is 0.0615. The molecule has 2 fully saturated rings. The highest BCUT2D eigenvalue weighted by molar-refractivity contribution is 8.25. The maximum Gasteiger partial charge on any atom is 0.292 e. The summed E-state index contributed by atoms with van der Waals surface area (Å²) in [6, 6.07) is 3.71. The van der Waals surface area contributed by atoms with Crippen LogP contribution in [0.5, 0.6) is 0 Å². The highest BCUT2D eigenvalue weighted by Gasteiger charge is 2.58. The Balaban J connectivity index is 1.35. The van der Waals surface area contributed by atoms with Crippen molar-refractivity contribution in [3.8, 4) is 0 Å². The van der Waals surface area contributed by atoms with Gasteiger partial charge in [-0.25, -0.2) is 13.2 Å². The zero-order valence-electron chi connectivity index (χ0n) is 21.9. The quantitative estimate of drug-likeness (QED) is 0.225. The number of fused-ring (bicyclic) bond motifs is 1. The van der Waals surface area contributed by atoms with Gasteiger partial charge in [-0.2, -0.15) is 10.6 Å². The van der Waals surface area contributed by atoms with Crippen molar-refractivity contribution < 1.29 is 36.7 Å². The summed E-state index contributed by atoms with van der Waals surface area (Å²) in [7, 11) is -2.69. The van der Waals surface area contributed by atoms with Crippen LogP contribution < -0.4 is 16.0 Å². The zero-order chi connectivity index (χ0) is 29.3. The molecule has 2 aromatic rings. The second-order valence-electron chi connectivity index (χ2n) is 11.4. The number of carbonyl (C=O) groups excluding carboxylic acids is 3. The molecule has 218 valence electrons. The van der Waals surface area contributed by atoms with E-state index < -0.39 is 63.8 Å². The minimum Gasteiger partial charge on any atom is -0.342 e. The molecule has 1 aliphatic carbocycles. The maximum atomic E-state index is 14.0. The molecule has 1 saturated heterocycles. The van der Waals surface area contributed by atoms with Crippen LogP contribution in [-0.2, 0) is 17.8 Å². The van der Waals surface area contributed by atoms with Crippen molar-refractivity contribution in [3.63, 3.8) is 0 Å². The van der Waals surface area contributed by atoms with Crippen molar-refractivity contribution in [1.29, 1.82) is 0 Å². The number of halogens is 4. The minimum atomic E-state index is -3.01. The van der Waals surface area contributed by atoms with Crippen molar-refractivity contribution >= 4 is 45.5 Å². The molecule has 3 heterocycles. The number of anilines is 1. The molecule has 2 amide bonds. The molecule has 0 unspecified atom stereocenters. The Bertz CT molecular complexity index is 1410. The van der Waals surface area contributed by atoms with E-state index in [-0.39, 0.29) is 45.6 Å². The van der Waals surface area contributed by atoms with E-state index in [1.54, 1.807) is 18.4 Å². The summed E-state index contributed by atoms with van der Waals surface area (Å²) in [5, 5.41) is 8.06. The van der Waals surface area contributed by atoms with E-state index in [1.807, 2.05) is 0 Å². The van der Waals surface area contributed by atoms with E-state index in [1.165, 1.54) is 12.1 Å². The smallest absolute Gasteiger partial charge is 0.292 e. The number of nitrogens with one attached hydrogen (secondary N) is 3. The number of hydrogen-bond acceptors (Lipinski definition) is 6. The largest absolute Gasteiger partial charge is 0.342 e. The fourth-order valence-electron chi connectivity index (χ4n) is 6.15. The Morgan fingerprint density at radius 1 is 1.18 bits per heavy atom. The van der Waals surface area contributed by atoms with Gasteiger partial charge in [0.05, 0.1) is 33.2 Å².